The van der Waals surface area contributed by atoms with Gasteiger partial charge in [-0.15, -0.1) is 0 Å². The highest BCUT2D eigenvalue weighted by molar-refractivity contribution is 5.79. The number of hydrogen-bond acceptors (Lipinski definition) is 3. The van der Waals surface area contributed by atoms with E-state index in [1.807, 2.05) is 9.80 Å². The second kappa shape index (κ2) is 4.91. The molecule has 6 heteroatoms. The molecule has 3 fully saturated rings. The molecule has 3 saturated heterocycles. The lowest BCUT2D eigenvalue weighted by Gasteiger charge is -2.41. The molecule has 3 aliphatic heterocycles. The van der Waals surface area contributed by atoms with Crippen LogP contribution >= 0.6 is 0 Å². The summed E-state index contributed by atoms with van der Waals surface area (Å²) in [7, 11) is 2.07. The van der Waals surface area contributed by atoms with Crippen LogP contribution in [0.2, 0.25) is 0 Å². The van der Waals surface area contributed by atoms with E-state index in [9.17, 15) is 14.7 Å². The van der Waals surface area contributed by atoms with E-state index in [1.54, 1.807) is 0 Å². The minimum Gasteiger partial charge on any atom is -0.481 e. The number of carboxylic acid groups (broad SMARTS) is 1. The topological polar surface area (TPSA) is 64.1 Å². The third-order valence-corrected chi connectivity index (χ3v) is 5.15. The lowest BCUT2D eigenvalue weighted by atomic mass is 9.89. The summed E-state index contributed by atoms with van der Waals surface area (Å²) in [6, 6.07) is 0.309. The maximum atomic E-state index is 12.8. The first-order chi connectivity index (χ1) is 9.49. The maximum Gasteiger partial charge on any atom is 0.320 e. The molecule has 20 heavy (non-hydrogen) atoms. The van der Waals surface area contributed by atoms with Crippen LogP contribution in [-0.4, -0.2) is 76.6 Å². The number of aliphatic carboxylic acids is 1. The normalized spacial score (nSPS) is 37.5. The Morgan fingerprint density at radius 3 is 2.55 bits per heavy atom. The van der Waals surface area contributed by atoms with Gasteiger partial charge >= 0.3 is 12.0 Å². The Bertz CT molecular complexity index is 428. The fourth-order valence-electron chi connectivity index (χ4n) is 4.12. The zero-order valence-corrected chi connectivity index (χ0v) is 12.2. The van der Waals surface area contributed by atoms with Gasteiger partial charge in [0.2, 0.25) is 0 Å². The quantitative estimate of drug-likeness (QED) is 0.767. The molecule has 3 heterocycles. The fraction of sp³-hybridized carbons (Fsp3) is 0.857. The number of piperazine rings is 1. The van der Waals surface area contributed by atoms with Crippen molar-refractivity contribution in [3.63, 3.8) is 0 Å². The Labute approximate surface area is 119 Å². The van der Waals surface area contributed by atoms with Crippen LogP contribution in [0, 0.1) is 5.92 Å². The molecule has 0 aromatic heterocycles. The number of carbonyl (C=O) groups is 2. The lowest BCUT2D eigenvalue weighted by molar-refractivity contribution is -0.142. The Morgan fingerprint density at radius 2 is 1.95 bits per heavy atom. The van der Waals surface area contributed by atoms with Crippen LogP contribution in [0.3, 0.4) is 0 Å². The number of carbonyl (C=O) groups excluding carboxylic acids is 1. The number of likely N-dealkylation sites (N-methyl/N-ethyl adjacent to an activating group) is 1. The number of nitrogens with zero attached hydrogens (tertiary/aromatic N) is 3. The van der Waals surface area contributed by atoms with Gasteiger partial charge in [-0.2, -0.15) is 0 Å². The molecule has 0 aromatic carbocycles. The number of hydrogen-bond donors (Lipinski definition) is 1. The first-order valence-electron chi connectivity index (χ1n) is 7.49. The highest BCUT2D eigenvalue weighted by atomic mass is 16.4. The van der Waals surface area contributed by atoms with Crippen molar-refractivity contribution in [2.45, 2.75) is 44.3 Å². The van der Waals surface area contributed by atoms with Crippen molar-refractivity contribution in [3.8, 4) is 0 Å². The van der Waals surface area contributed by atoms with E-state index in [-0.39, 0.29) is 30.1 Å². The monoisotopic (exact) mass is 281 g/mol. The standard InChI is InChI=1S/C14H23N3O3/c1-9-8-15(2)5-6-16(9)14(20)17-10-3-4-12(17)11(7-10)13(18)19/h9-12H,3-8H2,1-2H3,(H,18,19). The van der Waals surface area contributed by atoms with Gasteiger partial charge in [0.05, 0.1) is 5.92 Å². The number of fused-ring (bicyclic) bond motifs is 2. The van der Waals surface area contributed by atoms with Gasteiger partial charge in [-0.05, 0) is 33.2 Å². The van der Waals surface area contributed by atoms with Crippen LogP contribution in [0.25, 0.3) is 0 Å². The third kappa shape index (κ3) is 2.06. The van der Waals surface area contributed by atoms with Gasteiger partial charge in [-0.25, -0.2) is 4.79 Å². The predicted molar refractivity (Wildman–Crippen MR) is 73.5 cm³/mol. The van der Waals surface area contributed by atoms with Crippen molar-refractivity contribution in [1.82, 2.24) is 14.7 Å². The zero-order chi connectivity index (χ0) is 14.4. The van der Waals surface area contributed by atoms with E-state index < -0.39 is 5.97 Å². The van der Waals surface area contributed by atoms with Gasteiger partial charge in [-0.3, -0.25) is 4.79 Å². The molecule has 3 rings (SSSR count). The molecule has 3 aliphatic rings. The number of rotatable bonds is 1. The van der Waals surface area contributed by atoms with Crippen molar-refractivity contribution in [2.75, 3.05) is 26.7 Å². The Balaban J connectivity index is 1.73. The number of carboxylic acids is 1. The van der Waals surface area contributed by atoms with Crippen LogP contribution in [0.4, 0.5) is 4.79 Å². The van der Waals surface area contributed by atoms with E-state index in [2.05, 4.69) is 18.9 Å². The third-order valence-electron chi connectivity index (χ3n) is 5.15. The van der Waals surface area contributed by atoms with Crippen LogP contribution < -0.4 is 0 Å². The molecule has 0 spiro atoms. The molecule has 0 radical (unpaired) electrons. The first kappa shape index (κ1) is 13.7. The summed E-state index contributed by atoms with van der Waals surface area (Å²) < 4.78 is 0. The molecular formula is C14H23N3O3. The number of urea groups is 1. The van der Waals surface area contributed by atoms with E-state index >= 15 is 0 Å². The predicted octanol–water partition coefficient (Wildman–Crippen LogP) is 0.680. The molecular weight excluding hydrogens is 258 g/mol. The zero-order valence-electron chi connectivity index (χ0n) is 12.2. The van der Waals surface area contributed by atoms with E-state index in [0.717, 1.165) is 32.5 Å². The summed E-state index contributed by atoms with van der Waals surface area (Å²) in [4.78, 5) is 30.1. The van der Waals surface area contributed by atoms with Crippen LogP contribution in [0.15, 0.2) is 0 Å². The molecule has 0 saturated carbocycles. The average molecular weight is 281 g/mol. The largest absolute Gasteiger partial charge is 0.481 e. The summed E-state index contributed by atoms with van der Waals surface area (Å²) in [6.45, 7) is 4.59. The summed E-state index contributed by atoms with van der Waals surface area (Å²) >= 11 is 0. The highest BCUT2D eigenvalue weighted by Gasteiger charge is 2.52. The summed E-state index contributed by atoms with van der Waals surface area (Å²) in [5, 5.41) is 9.27. The molecule has 6 nitrogen and oxygen atoms in total. The summed E-state index contributed by atoms with van der Waals surface area (Å²) in [6.07, 6.45) is 2.44. The van der Waals surface area contributed by atoms with Crippen molar-refractivity contribution >= 4 is 12.0 Å². The smallest absolute Gasteiger partial charge is 0.320 e. The Hall–Kier alpha value is -1.30. The van der Waals surface area contributed by atoms with Crippen molar-refractivity contribution in [1.29, 1.82) is 0 Å². The summed E-state index contributed by atoms with van der Waals surface area (Å²) in [5.41, 5.74) is 0. The second-order valence-electron chi connectivity index (χ2n) is 6.47. The molecule has 0 aliphatic carbocycles. The minimum atomic E-state index is -0.749. The summed E-state index contributed by atoms with van der Waals surface area (Å²) in [5.74, 6) is -1.11. The molecule has 4 unspecified atom stereocenters. The van der Waals surface area contributed by atoms with Gasteiger partial charge in [0.25, 0.3) is 0 Å². The molecule has 2 bridgehead atoms. The van der Waals surface area contributed by atoms with Crippen molar-refractivity contribution in [3.05, 3.63) is 0 Å². The van der Waals surface area contributed by atoms with E-state index in [4.69, 9.17) is 0 Å². The van der Waals surface area contributed by atoms with Crippen LogP contribution in [-0.2, 0) is 4.79 Å². The van der Waals surface area contributed by atoms with Gasteiger partial charge in [0, 0.05) is 37.8 Å². The maximum absolute atomic E-state index is 12.8. The SMILES string of the molecule is CC1CN(C)CCN1C(=O)N1C2CCC1C(C(=O)O)C2. The highest BCUT2D eigenvalue weighted by Crippen LogP contribution is 2.42. The van der Waals surface area contributed by atoms with E-state index in [0.29, 0.717) is 6.42 Å². The molecule has 1 N–H and O–H groups in total. The Morgan fingerprint density at radius 1 is 1.20 bits per heavy atom. The Kier molecular flexibility index (Phi) is 3.36. The van der Waals surface area contributed by atoms with Crippen LogP contribution in [0.5, 0.6) is 0 Å². The van der Waals surface area contributed by atoms with Gasteiger partial charge in [-0.1, -0.05) is 0 Å². The fourth-order valence-corrected chi connectivity index (χ4v) is 4.12. The van der Waals surface area contributed by atoms with Crippen LogP contribution in [0.1, 0.15) is 26.2 Å². The van der Waals surface area contributed by atoms with E-state index in [1.165, 1.54) is 0 Å². The second-order valence-corrected chi connectivity index (χ2v) is 6.47. The molecule has 4 atom stereocenters. The van der Waals surface area contributed by atoms with Gasteiger partial charge < -0.3 is 19.8 Å². The van der Waals surface area contributed by atoms with Gasteiger partial charge in [0.1, 0.15) is 0 Å². The lowest BCUT2D eigenvalue weighted by Crippen LogP contribution is -2.57. The molecule has 0 aromatic rings. The molecule has 112 valence electrons. The van der Waals surface area contributed by atoms with Gasteiger partial charge in [0.15, 0.2) is 0 Å². The first-order valence-corrected chi connectivity index (χ1v) is 7.49. The number of amides is 2. The van der Waals surface area contributed by atoms with Crippen molar-refractivity contribution in [2.24, 2.45) is 5.92 Å². The molecule has 2 amide bonds. The minimum absolute atomic E-state index is 0.0573. The average Bonchev–Trinajstić information content (AvgIpc) is 2.95. The van der Waals surface area contributed by atoms with Crippen molar-refractivity contribution < 1.29 is 14.7 Å².